The minimum Gasteiger partial charge on any atom is -0.410 e. The highest BCUT2D eigenvalue weighted by atomic mass is 16.6. The molecule has 0 atom stereocenters. The lowest BCUT2D eigenvalue weighted by atomic mass is 10.1. The van der Waals surface area contributed by atoms with E-state index in [1.54, 1.807) is 24.5 Å². The molecule has 0 bridgehead atoms. The van der Waals surface area contributed by atoms with Gasteiger partial charge in [-0.05, 0) is 47.5 Å². The standard InChI is InChI=1S/C18H13N3O4/c22-18(25-17-7-5-16(6-8-17)21(23)24)20-15-3-1-13(2-4-15)14-9-11-19-12-10-14/h1-12H,(H,20,22). The molecular weight excluding hydrogens is 322 g/mol. The maximum absolute atomic E-state index is 11.9. The van der Waals surface area contributed by atoms with Crippen molar-refractivity contribution in [3.8, 4) is 16.9 Å². The van der Waals surface area contributed by atoms with Crippen LogP contribution in [-0.2, 0) is 0 Å². The molecule has 0 aliphatic rings. The zero-order valence-corrected chi connectivity index (χ0v) is 13.0. The topological polar surface area (TPSA) is 94.4 Å². The van der Waals surface area contributed by atoms with Crippen LogP contribution >= 0.6 is 0 Å². The fourth-order valence-electron chi connectivity index (χ4n) is 2.18. The van der Waals surface area contributed by atoms with Gasteiger partial charge in [0.2, 0.25) is 0 Å². The average molecular weight is 335 g/mol. The Morgan fingerprint density at radius 2 is 1.52 bits per heavy atom. The number of carbonyl (C=O) groups excluding carboxylic acids is 1. The molecular formula is C18H13N3O4. The molecule has 0 unspecified atom stereocenters. The van der Waals surface area contributed by atoms with Crippen molar-refractivity contribution in [2.45, 2.75) is 0 Å². The number of anilines is 1. The normalized spacial score (nSPS) is 10.1. The summed E-state index contributed by atoms with van der Waals surface area (Å²) in [5.41, 5.74) is 2.52. The second-order valence-corrected chi connectivity index (χ2v) is 5.08. The van der Waals surface area contributed by atoms with Gasteiger partial charge in [0.05, 0.1) is 4.92 Å². The summed E-state index contributed by atoms with van der Waals surface area (Å²) in [6, 6.07) is 16.3. The molecule has 0 saturated heterocycles. The van der Waals surface area contributed by atoms with E-state index < -0.39 is 11.0 Å². The summed E-state index contributed by atoms with van der Waals surface area (Å²) in [5.74, 6) is 0.219. The van der Waals surface area contributed by atoms with E-state index >= 15 is 0 Å². The number of hydrogen-bond acceptors (Lipinski definition) is 5. The SMILES string of the molecule is O=C(Nc1ccc(-c2ccncc2)cc1)Oc1ccc([N+](=O)[O-])cc1. The van der Waals surface area contributed by atoms with Gasteiger partial charge in [-0.25, -0.2) is 4.79 Å². The summed E-state index contributed by atoms with van der Waals surface area (Å²) in [5, 5.41) is 13.2. The van der Waals surface area contributed by atoms with Crippen molar-refractivity contribution in [1.82, 2.24) is 4.98 Å². The summed E-state index contributed by atoms with van der Waals surface area (Å²) >= 11 is 0. The first-order chi connectivity index (χ1) is 12.1. The van der Waals surface area contributed by atoms with Crippen LogP contribution in [0.4, 0.5) is 16.2 Å². The molecule has 3 aromatic rings. The van der Waals surface area contributed by atoms with Crippen LogP contribution in [0.2, 0.25) is 0 Å². The number of non-ortho nitro benzene ring substituents is 1. The first kappa shape index (κ1) is 16.1. The monoisotopic (exact) mass is 335 g/mol. The van der Waals surface area contributed by atoms with E-state index in [-0.39, 0.29) is 11.4 Å². The highest BCUT2D eigenvalue weighted by molar-refractivity contribution is 5.86. The first-order valence-electron chi connectivity index (χ1n) is 7.35. The third-order valence-electron chi connectivity index (χ3n) is 3.40. The Morgan fingerprint density at radius 3 is 2.12 bits per heavy atom. The largest absolute Gasteiger partial charge is 0.417 e. The van der Waals surface area contributed by atoms with Gasteiger partial charge in [-0.1, -0.05) is 12.1 Å². The molecule has 0 radical (unpaired) electrons. The Morgan fingerprint density at radius 1 is 0.920 bits per heavy atom. The second-order valence-electron chi connectivity index (χ2n) is 5.08. The molecule has 7 heteroatoms. The molecule has 0 spiro atoms. The van der Waals surface area contributed by atoms with Gasteiger partial charge in [0.25, 0.3) is 5.69 Å². The smallest absolute Gasteiger partial charge is 0.410 e. The Hall–Kier alpha value is -3.74. The van der Waals surface area contributed by atoms with Gasteiger partial charge < -0.3 is 4.74 Å². The molecule has 0 aliphatic heterocycles. The Kier molecular flexibility index (Phi) is 4.66. The fraction of sp³-hybridized carbons (Fsp3) is 0. The van der Waals surface area contributed by atoms with Crippen LogP contribution in [0.5, 0.6) is 5.75 Å². The minimum absolute atomic E-state index is 0.0699. The van der Waals surface area contributed by atoms with Crippen molar-refractivity contribution < 1.29 is 14.5 Å². The number of nitro groups is 1. The van der Waals surface area contributed by atoms with Gasteiger partial charge in [-0.15, -0.1) is 0 Å². The van der Waals surface area contributed by atoms with Gasteiger partial charge in [0.15, 0.2) is 0 Å². The maximum Gasteiger partial charge on any atom is 0.417 e. The van der Waals surface area contributed by atoms with Crippen LogP contribution in [0.3, 0.4) is 0 Å². The van der Waals surface area contributed by atoms with E-state index in [2.05, 4.69) is 10.3 Å². The van der Waals surface area contributed by atoms with Gasteiger partial charge in [-0.3, -0.25) is 20.4 Å². The lowest BCUT2D eigenvalue weighted by Gasteiger charge is -2.07. The molecule has 0 fully saturated rings. The molecule has 1 aromatic heterocycles. The fourth-order valence-corrected chi connectivity index (χ4v) is 2.18. The molecule has 0 saturated carbocycles. The van der Waals surface area contributed by atoms with Crippen LogP contribution in [-0.4, -0.2) is 16.0 Å². The molecule has 1 heterocycles. The van der Waals surface area contributed by atoms with Crippen LogP contribution in [0.1, 0.15) is 0 Å². The van der Waals surface area contributed by atoms with E-state index in [4.69, 9.17) is 4.74 Å². The van der Waals surface area contributed by atoms with Crippen LogP contribution in [0, 0.1) is 10.1 Å². The van der Waals surface area contributed by atoms with Crippen LogP contribution < -0.4 is 10.1 Å². The minimum atomic E-state index is -0.675. The lowest BCUT2D eigenvalue weighted by molar-refractivity contribution is -0.384. The number of nitrogens with zero attached hydrogens (tertiary/aromatic N) is 2. The molecule has 124 valence electrons. The quantitative estimate of drug-likeness (QED) is 0.567. The molecule has 25 heavy (non-hydrogen) atoms. The molecule has 2 aromatic carbocycles. The number of aromatic nitrogens is 1. The zero-order chi connectivity index (χ0) is 17.6. The zero-order valence-electron chi connectivity index (χ0n) is 13.0. The lowest BCUT2D eigenvalue weighted by Crippen LogP contribution is -2.16. The summed E-state index contributed by atoms with van der Waals surface area (Å²) in [4.78, 5) is 25.9. The highest BCUT2D eigenvalue weighted by Crippen LogP contribution is 2.21. The number of carbonyl (C=O) groups is 1. The number of hydrogen-bond donors (Lipinski definition) is 1. The molecule has 1 N–H and O–H groups in total. The number of rotatable bonds is 4. The average Bonchev–Trinajstić information content (AvgIpc) is 2.63. The van der Waals surface area contributed by atoms with Crippen LogP contribution in [0.25, 0.3) is 11.1 Å². The van der Waals surface area contributed by atoms with Crippen molar-refractivity contribution in [2.24, 2.45) is 0 Å². The van der Waals surface area contributed by atoms with Gasteiger partial charge in [0, 0.05) is 30.2 Å². The van der Waals surface area contributed by atoms with Crippen molar-refractivity contribution in [3.05, 3.63) is 83.2 Å². The number of pyridine rings is 1. The van der Waals surface area contributed by atoms with Crippen molar-refractivity contribution in [2.75, 3.05) is 5.32 Å². The van der Waals surface area contributed by atoms with Crippen molar-refractivity contribution in [3.63, 3.8) is 0 Å². The predicted octanol–water partition coefficient (Wildman–Crippen LogP) is 4.27. The Balaban J connectivity index is 1.62. The Bertz CT molecular complexity index is 878. The van der Waals surface area contributed by atoms with Gasteiger partial charge in [-0.2, -0.15) is 0 Å². The predicted molar refractivity (Wildman–Crippen MR) is 92.4 cm³/mol. The highest BCUT2D eigenvalue weighted by Gasteiger charge is 2.08. The molecule has 3 rings (SSSR count). The summed E-state index contributed by atoms with van der Waals surface area (Å²) in [6.45, 7) is 0. The molecule has 1 amide bonds. The Labute approximate surface area is 143 Å². The van der Waals surface area contributed by atoms with E-state index in [1.807, 2.05) is 24.3 Å². The van der Waals surface area contributed by atoms with E-state index in [0.29, 0.717) is 5.69 Å². The maximum atomic E-state index is 11.9. The second kappa shape index (κ2) is 7.22. The van der Waals surface area contributed by atoms with E-state index in [0.717, 1.165) is 11.1 Å². The van der Waals surface area contributed by atoms with Crippen molar-refractivity contribution in [1.29, 1.82) is 0 Å². The summed E-state index contributed by atoms with van der Waals surface area (Å²) < 4.78 is 5.09. The van der Waals surface area contributed by atoms with Gasteiger partial charge in [0.1, 0.15) is 5.75 Å². The molecule has 7 nitrogen and oxygen atoms in total. The number of ether oxygens (including phenoxy) is 1. The summed E-state index contributed by atoms with van der Waals surface area (Å²) in [6.07, 6.45) is 2.75. The van der Waals surface area contributed by atoms with E-state index in [9.17, 15) is 14.9 Å². The number of amides is 1. The third-order valence-corrected chi connectivity index (χ3v) is 3.40. The van der Waals surface area contributed by atoms with Crippen molar-refractivity contribution >= 4 is 17.5 Å². The third kappa shape index (κ3) is 4.17. The number of nitrogens with one attached hydrogen (secondary N) is 1. The van der Waals surface area contributed by atoms with Gasteiger partial charge >= 0.3 is 6.09 Å². The number of benzene rings is 2. The first-order valence-corrected chi connectivity index (χ1v) is 7.35. The summed E-state index contributed by atoms with van der Waals surface area (Å²) in [7, 11) is 0. The van der Waals surface area contributed by atoms with E-state index in [1.165, 1.54) is 24.3 Å². The van der Waals surface area contributed by atoms with Crippen LogP contribution in [0.15, 0.2) is 73.1 Å². The number of nitro benzene ring substituents is 1. The molecule has 0 aliphatic carbocycles.